The maximum absolute atomic E-state index is 12.7. The average Bonchev–Trinajstić information content (AvgIpc) is 3.39. The molecule has 0 radical (unpaired) electrons. The number of amides is 2. The van der Waals surface area contributed by atoms with Crippen molar-refractivity contribution in [3.63, 3.8) is 0 Å². The van der Waals surface area contributed by atoms with Gasteiger partial charge in [-0.1, -0.05) is 23.7 Å². The molecule has 6 rings (SSSR count). The summed E-state index contributed by atoms with van der Waals surface area (Å²) in [7, 11) is 0. The number of fused-ring (bicyclic) bond motifs is 3. The third kappa shape index (κ3) is 3.99. The molecule has 0 spiro atoms. The largest absolute Gasteiger partial charge is 0.480 e. The zero-order chi connectivity index (χ0) is 23.2. The Morgan fingerprint density at radius 2 is 2.09 bits per heavy atom. The van der Waals surface area contributed by atoms with Crippen molar-refractivity contribution < 1.29 is 19.1 Å². The molecule has 2 aromatic rings. The highest BCUT2D eigenvalue weighted by Gasteiger charge is 2.46. The minimum Gasteiger partial charge on any atom is -0.480 e. The number of carbonyl (C=O) groups excluding carboxylic acids is 2. The number of nitrogens with one attached hydrogen (secondary N) is 2. The predicted octanol–water partition coefficient (Wildman–Crippen LogP) is 3.71. The van der Waals surface area contributed by atoms with Crippen molar-refractivity contribution >= 4 is 35.2 Å². The fraction of sp³-hybridized carbons (Fsp3) is 0.480. The summed E-state index contributed by atoms with van der Waals surface area (Å²) in [5, 5.41) is 7.29. The smallest absolute Gasteiger partial charge is 0.416 e. The van der Waals surface area contributed by atoms with Crippen LogP contribution in [0, 0.1) is 5.92 Å². The number of hydrogen-bond donors (Lipinski definition) is 2. The summed E-state index contributed by atoms with van der Waals surface area (Å²) in [5.41, 5.74) is 2.70. The van der Waals surface area contributed by atoms with Crippen LogP contribution in [0.4, 0.5) is 16.4 Å². The quantitative estimate of drug-likeness (QED) is 0.675. The van der Waals surface area contributed by atoms with Crippen LogP contribution in [-0.2, 0) is 22.4 Å². The Bertz CT molecular complexity index is 1140. The summed E-state index contributed by atoms with van der Waals surface area (Å²) < 4.78 is 11.1. The van der Waals surface area contributed by atoms with Gasteiger partial charge in [-0.15, -0.1) is 0 Å². The zero-order valence-electron chi connectivity index (χ0n) is 18.8. The summed E-state index contributed by atoms with van der Waals surface area (Å²) in [6.45, 7) is 0.919. The molecule has 8 nitrogen and oxygen atoms in total. The molecule has 1 aromatic heterocycles. The fourth-order valence-electron chi connectivity index (χ4n) is 5.78. The molecule has 2 amide bonds. The summed E-state index contributed by atoms with van der Waals surface area (Å²) in [6.07, 6.45) is 5.29. The molecule has 4 aliphatic rings. The van der Waals surface area contributed by atoms with E-state index in [0.29, 0.717) is 29.3 Å². The van der Waals surface area contributed by atoms with Crippen molar-refractivity contribution in [2.45, 2.75) is 56.7 Å². The maximum Gasteiger partial charge on any atom is 0.416 e. The Hall–Kier alpha value is -2.84. The molecule has 1 saturated heterocycles. The number of rotatable bonds is 5. The number of nitrogens with zero attached hydrogens (tertiary/aromatic N) is 2. The van der Waals surface area contributed by atoms with Gasteiger partial charge in [0.25, 0.3) is 5.91 Å². The van der Waals surface area contributed by atoms with Gasteiger partial charge in [-0.25, -0.2) is 9.78 Å². The van der Waals surface area contributed by atoms with Crippen molar-refractivity contribution in [3.05, 3.63) is 46.5 Å². The van der Waals surface area contributed by atoms with Crippen LogP contribution in [0.1, 0.15) is 36.8 Å². The lowest BCUT2D eigenvalue weighted by Crippen LogP contribution is -2.46. The second-order valence-corrected chi connectivity index (χ2v) is 10.0. The van der Waals surface area contributed by atoms with E-state index in [-0.39, 0.29) is 30.8 Å². The molecule has 3 heterocycles. The third-order valence-electron chi connectivity index (χ3n) is 7.45. The number of ether oxygens (including phenoxy) is 2. The second-order valence-electron chi connectivity index (χ2n) is 9.62. The molecular formula is C25H27ClN4O4. The average molecular weight is 483 g/mol. The number of carbonyl (C=O) groups is 2. The van der Waals surface area contributed by atoms with E-state index in [2.05, 4.69) is 21.7 Å². The monoisotopic (exact) mass is 482 g/mol. The molecule has 0 bridgehead atoms. The first kappa shape index (κ1) is 21.7. The first-order chi connectivity index (χ1) is 16.5. The molecule has 2 fully saturated rings. The van der Waals surface area contributed by atoms with Gasteiger partial charge >= 0.3 is 6.09 Å². The van der Waals surface area contributed by atoms with E-state index in [1.165, 1.54) is 11.1 Å². The van der Waals surface area contributed by atoms with Gasteiger partial charge < -0.3 is 20.1 Å². The first-order valence-corrected chi connectivity index (χ1v) is 12.4. The standard InChI is InChI=1S/C25H27ClN4O4/c26-18-3-1-2-15-10-14(11-17(15)18)8-9-27-16-4-5-19-21(12-16)34-25(32)30(19)22-7-6-20-24(28-22)29-23(31)13-33-20/h1-3,6-7,14,16,19,21,27H,4-5,8-13H2,(H,28,29,31). The summed E-state index contributed by atoms with van der Waals surface area (Å²) in [5.74, 6) is 1.70. The van der Waals surface area contributed by atoms with Crippen molar-refractivity contribution in [1.29, 1.82) is 0 Å². The van der Waals surface area contributed by atoms with Gasteiger partial charge in [0, 0.05) is 17.5 Å². The summed E-state index contributed by atoms with van der Waals surface area (Å²) in [6, 6.07) is 9.96. The van der Waals surface area contributed by atoms with E-state index in [9.17, 15) is 9.59 Å². The fourth-order valence-corrected chi connectivity index (χ4v) is 6.06. The highest BCUT2D eigenvalue weighted by atomic mass is 35.5. The predicted molar refractivity (Wildman–Crippen MR) is 128 cm³/mol. The molecule has 2 aliphatic heterocycles. The van der Waals surface area contributed by atoms with E-state index in [0.717, 1.165) is 50.1 Å². The minimum atomic E-state index is -0.383. The molecule has 178 valence electrons. The van der Waals surface area contributed by atoms with E-state index in [1.54, 1.807) is 17.0 Å². The number of aromatic nitrogens is 1. The number of halogens is 1. The lowest BCUT2D eigenvalue weighted by molar-refractivity contribution is -0.118. The highest BCUT2D eigenvalue weighted by Crippen LogP contribution is 2.37. The Morgan fingerprint density at radius 1 is 1.18 bits per heavy atom. The lowest BCUT2D eigenvalue weighted by atomic mass is 9.88. The van der Waals surface area contributed by atoms with Crippen LogP contribution in [0.2, 0.25) is 5.02 Å². The van der Waals surface area contributed by atoms with E-state index < -0.39 is 0 Å². The van der Waals surface area contributed by atoms with Crippen LogP contribution in [-0.4, -0.2) is 48.3 Å². The molecule has 4 atom stereocenters. The topological polar surface area (TPSA) is 92.8 Å². The normalized spacial score (nSPS) is 27.4. The Labute approximate surface area is 203 Å². The number of pyridine rings is 1. The van der Waals surface area contributed by atoms with Crippen LogP contribution in [0.3, 0.4) is 0 Å². The third-order valence-corrected chi connectivity index (χ3v) is 7.80. The van der Waals surface area contributed by atoms with Gasteiger partial charge in [-0.2, -0.15) is 0 Å². The lowest BCUT2D eigenvalue weighted by Gasteiger charge is -2.33. The molecule has 1 aromatic carbocycles. The molecule has 4 unspecified atom stereocenters. The van der Waals surface area contributed by atoms with Gasteiger partial charge in [0.05, 0.1) is 6.04 Å². The SMILES string of the molecule is O=C1COc2ccc(N3C(=O)OC4CC(NCCC5Cc6cccc(Cl)c6C5)CCC43)nc2N1. The Kier molecular flexibility index (Phi) is 5.57. The van der Waals surface area contributed by atoms with Crippen LogP contribution >= 0.6 is 11.6 Å². The van der Waals surface area contributed by atoms with Gasteiger partial charge in [-0.3, -0.25) is 9.69 Å². The minimum absolute atomic E-state index is 0.0275. The van der Waals surface area contributed by atoms with Crippen molar-refractivity contribution in [3.8, 4) is 5.75 Å². The van der Waals surface area contributed by atoms with E-state index in [1.807, 2.05) is 12.1 Å². The van der Waals surface area contributed by atoms with Crippen LogP contribution in [0.15, 0.2) is 30.3 Å². The first-order valence-electron chi connectivity index (χ1n) is 12.0. The molecule has 2 N–H and O–H groups in total. The Morgan fingerprint density at radius 3 is 2.97 bits per heavy atom. The second kappa shape index (κ2) is 8.74. The van der Waals surface area contributed by atoms with Crippen LogP contribution < -0.4 is 20.3 Å². The van der Waals surface area contributed by atoms with Gasteiger partial charge in [0.15, 0.2) is 18.2 Å². The van der Waals surface area contributed by atoms with Crippen LogP contribution in [0.25, 0.3) is 0 Å². The molecule has 2 aliphatic carbocycles. The molecule has 9 heteroatoms. The van der Waals surface area contributed by atoms with Crippen molar-refractivity contribution in [2.75, 3.05) is 23.4 Å². The molecule has 1 saturated carbocycles. The van der Waals surface area contributed by atoms with Gasteiger partial charge in [-0.05, 0) is 73.9 Å². The van der Waals surface area contributed by atoms with Crippen LogP contribution in [0.5, 0.6) is 5.75 Å². The zero-order valence-corrected chi connectivity index (χ0v) is 19.5. The van der Waals surface area contributed by atoms with E-state index in [4.69, 9.17) is 21.1 Å². The molecular weight excluding hydrogens is 456 g/mol. The summed E-state index contributed by atoms with van der Waals surface area (Å²) in [4.78, 5) is 30.4. The molecule has 34 heavy (non-hydrogen) atoms. The highest BCUT2D eigenvalue weighted by molar-refractivity contribution is 6.31. The summed E-state index contributed by atoms with van der Waals surface area (Å²) >= 11 is 6.36. The number of anilines is 2. The number of benzene rings is 1. The maximum atomic E-state index is 12.7. The van der Waals surface area contributed by atoms with Gasteiger partial charge in [0.1, 0.15) is 11.9 Å². The number of hydrogen-bond acceptors (Lipinski definition) is 6. The van der Waals surface area contributed by atoms with Crippen molar-refractivity contribution in [1.82, 2.24) is 10.3 Å². The van der Waals surface area contributed by atoms with Crippen molar-refractivity contribution in [2.24, 2.45) is 5.92 Å². The van der Waals surface area contributed by atoms with Gasteiger partial charge in [0.2, 0.25) is 0 Å². The Balaban J connectivity index is 1.04. The van der Waals surface area contributed by atoms with E-state index >= 15 is 0 Å².